The van der Waals surface area contributed by atoms with Crippen LogP contribution in [0.1, 0.15) is 23.0 Å². The Morgan fingerprint density at radius 2 is 2.22 bits per heavy atom. The second-order valence-corrected chi connectivity index (χ2v) is 4.97. The molecule has 0 saturated heterocycles. The molecule has 0 bridgehead atoms. The van der Waals surface area contributed by atoms with Crippen molar-refractivity contribution in [3.05, 3.63) is 47.8 Å². The highest BCUT2D eigenvalue weighted by Gasteiger charge is 2.16. The lowest BCUT2D eigenvalue weighted by atomic mass is 10.0. The predicted octanol–water partition coefficient (Wildman–Crippen LogP) is 2.89. The van der Waals surface area contributed by atoms with Crippen LogP contribution in [0.3, 0.4) is 0 Å². The number of esters is 1. The van der Waals surface area contributed by atoms with E-state index in [-0.39, 0.29) is 5.69 Å². The number of benzene rings is 1. The van der Waals surface area contributed by atoms with Crippen molar-refractivity contribution >= 4 is 16.9 Å². The van der Waals surface area contributed by atoms with E-state index in [4.69, 9.17) is 11.2 Å². The van der Waals surface area contributed by atoms with Crippen LogP contribution in [0.2, 0.25) is 0 Å². The van der Waals surface area contributed by atoms with Crippen LogP contribution in [-0.2, 0) is 11.3 Å². The molecule has 0 aliphatic rings. The van der Waals surface area contributed by atoms with E-state index in [1.54, 1.807) is 12.3 Å². The minimum absolute atomic E-state index is 0.247. The number of fused-ring (bicyclic) bond motifs is 1. The molecule has 0 aliphatic heterocycles. The minimum Gasteiger partial charge on any atom is -0.464 e. The molecule has 1 aromatic carbocycles. The Morgan fingerprint density at radius 3 is 2.91 bits per heavy atom. The molecular formula is C18H15N3O2. The third kappa shape index (κ3) is 2.55. The lowest BCUT2D eigenvalue weighted by Crippen LogP contribution is -2.06. The molecule has 5 heteroatoms. The van der Waals surface area contributed by atoms with Crippen molar-refractivity contribution in [3.63, 3.8) is 0 Å². The smallest absolute Gasteiger partial charge is 0.356 e. The van der Waals surface area contributed by atoms with Crippen LogP contribution in [0.4, 0.5) is 0 Å². The first-order chi connectivity index (χ1) is 11.2. The van der Waals surface area contributed by atoms with Gasteiger partial charge in [-0.3, -0.25) is 4.68 Å². The molecule has 0 radical (unpaired) electrons. The summed E-state index contributed by atoms with van der Waals surface area (Å²) in [4.78, 5) is 16.4. The topological polar surface area (TPSA) is 57.0 Å². The van der Waals surface area contributed by atoms with Crippen LogP contribution in [0.15, 0.2) is 36.5 Å². The Balaban J connectivity index is 2.31. The van der Waals surface area contributed by atoms with E-state index in [1.165, 1.54) is 7.11 Å². The van der Waals surface area contributed by atoms with Gasteiger partial charge in [-0.1, -0.05) is 18.1 Å². The number of hydrogen-bond acceptors (Lipinski definition) is 4. The molecule has 0 spiro atoms. The Kier molecular flexibility index (Phi) is 3.82. The highest BCUT2D eigenvalue weighted by molar-refractivity contribution is 5.98. The summed E-state index contributed by atoms with van der Waals surface area (Å²) in [5.74, 6) is 2.13. The average molecular weight is 305 g/mol. The molecule has 2 heterocycles. The number of aromatic nitrogens is 3. The van der Waals surface area contributed by atoms with Crippen LogP contribution in [0, 0.1) is 12.3 Å². The number of nitrogens with zero attached hydrogens (tertiary/aromatic N) is 3. The molecule has 0 aliphatic carbocycles. The van der Waals surface area contributed by atoms with Crippen molar-refractivity contribution in [2.24, 2.45) is 0 Å². The maximum absolute atomic E-state index is 11.9. The van der Waals surface area contributed by atoms with Gasteiger partial charge >= 0.3 is 5.97 Å². The largest absolute Gasteiger partial charge is 0.464 e. The summed E-state index contributed by atoms with van der Waals surface area (Å²) < 4.78 is 6.63. The number of terminal acetylenes is 1. The summed E-state index contributed by atoms with van der Waals surface area (Å²) >= 11 is 0. The van der Waals surface area contributed by atoms with E-state index in [0.717, 1.165) is 22.0 Å². The maximum atomic E-state index is 11.9. The molecule has 3 aromatic rings. The molecule has 114 valence electrons. The van der Waals surface area contributed by atoms with Gasteiger partial charge in [-0.05, 0) is 25.1 Å². The fourth-order valence-electron chi connectivity index (χ4n) is 2.51. The standard InChI is InChI=1S/C18H15N3O2/c1-4-12-7-6-8-13(9-12)17-14-11-19-21(5-2)16(14)10-15(20-17)18(22)23-3/h1,6-11H,5H2,2-3H3. The van der Waals surface area contributed by atoms with E-state index >= 15 is 0 Å². The normalized spacial score (nSPS) is 10.5. The van der Waals surface area contributed by atoms with Gasteiger partial charge in [0.05, 0.1) is 24.5 Å². The maximum Gasteiger partial charge on any atom is 0.356 e. The van der Waals surface area contributed by atoms with E-state index in [1.807, 2.05) is 35.9 Å². The van der Waals surface area contributed by atoms with E-state index in [0.29, 0.717) is 12.2 Å². The monoisotopic (exact) mass is 305 g/mol. The summed E-state index contributed by atoms with van der Waals surface area (Å²) in [6.07, 6.45) is 7.23. The average Bonchev–Trinajstić information content (AvgIpc) is 3.03. The summed E-state index contributed by atoms with van der Waals surface area (Å²) in [6, 6.07) is 9.19. The van der Waals surface area contributed by atoms with Gasteiger partial charge in [0.25, 0.3) is 0 Å². The summed E-state index contributed by atoms with van der Waals surface area (Å²) in [5, 5.41) is 5.22. The highest BCUT2D eigenvalue weighted by Crippen LogP contribution is 2.28. The SMILES string of the molecule is C#Cc1cccc(-c2nc(C(=O)OC)cc3c2cnn3CC)c1. The van der Waals surface area contributed by atoms with Crippen molar-refractivity contribution in [3.8, 4) is 23.6 Å². The summed E-state index contributed by atoms with van der Waals surface area (Å²) in [6.45, 7) is 2.68. The second kappa shape index (κ2) is 5.93. The molecule has 3 rings (SSSR count). The van der Waals surface area contributed by atoms with Gasteiger partial charge in [0.15, 0.2) is 5.69 Å². The molecule has 0 amide bonds. The molecular weight excluding hydrogens is 290 g/mol. The number of ether oxygens (including phenoxy) is 1. The predicted molar refractivity (Wildman–Crippen MR) is 87.9 cm³/mol. The van der Waals surface area contributed by atoms with E-state index in [9.17, 15) is 4.79 Å². The first-order valence-corrected chi connectivity index (χ1v) is 7.19. The fourth-order valence-corrected chi connectivity index (χ4v) is 2.51. The summed E-state index contributed by atoms with van der Waals surface area (Å²) in [7, 11) is 1.34. The lowest BCUT2D eigenvalue weighted by Gasteiger charge is -2.08. The van der Waals surface area contributed by atoms with E-state index in [2.05, 4.69) is 16.0 Å². The fraction of sp³-hybridized carbons (Fsp3) is 0.167. The van der Waals surface area contributed by atoms with Crippen molar-refractivity contribution in [1.29, 1.82) is 0 Å². The van der Waals surface area contributed by atoms with Crippen molar-refractivity contribution in [1.82, 2.24) is 14.8 Å². The molecule has 0 unspecified atom stereocenters. The van der Waals surface area contributed by atoms with Gasteiger partial charge in [-0.25, -0.2) is 9.78 Å². The molecule has 0 fully saturated rings. The molecule has 23 heavy (non-hydrogen) atoms. The second-order valence-electron chi connectivity index (χ2n) is 4.97. The Bertz CT molecular complexity index is 935. The van der Waals surface area contributed by atoms with Gasteiger partial charge < -0.3 is 4.74 Å². The van der Waals surface area contributed by atoms with Gasteiger partial charge in [0.1, 0.15) is 0 Å². The van der Waals surface area contributed by atoms with Gasteiger partial charge in [0.2, 0.25) is 0 Å². The number of hydrogen-bond donors (Lipinski definition) is 0. The first-order valence-electron chi connectivity index (χ1n) is 7.19. The number of aryl methyl sites for hydroxylation is 1. The van der Waals surface area contributed by atoms with Gasteiger partial charge in [0, 0.05) is 23.1 Å². The number of rotatable bonds is 3. The summed E-state index contributed by atoms with van der Waals surface area (Å²) in [5.41, 5.74) is 3.34. The Labute approximate surface area is 133 Å². The zero-order chi connectivity index (χ0) is 16.4. The number of methoxy groups -OCH3 is 1. The van der Waals surface area contributed by atoms with E-state index < -0.39 is 5.97 Å². The molecule has 2 aromatic heterocycles. The van der Waals surface area contributed by atoms with Crippen molar-refractivity contribution in [2.75, 3.05) is 7.11 Å². The highest BCUT2D eigenvalue weighted by atomic mass is 16.5. The number of pyridine rings is 1. The molecule has 5 nitrogen and oxygen atoms in total. The molecule has 0 saturated carbocycles. The van der Waals surface area contributed by atoms with Crippen molar-refractivity contribution < 1.29 is 9.53 Å². The van der Waals surface area contributed by atoms with Crippen LogP contribution in [0.25, 0.3) is 22.2 Å². The number of carbonyl (C=O) groups is 1. The quantitative estimate of drug-likeness (QED) is 0.551. The lowest BCUT2D eigenvalue weighted by molar-refractivity contribution is 0.0594. The molecule has 0 N–H and O–H groups in total. The minimum atomic E-state index is -0.481. The Morgan fingerprint density at radius 1 is 1.39 bits per heavy atom. The van der Waals surface area contributed by atoms with Crippen LogP contribution in [0.5, 0.6) is 0 Å². The third-order valence-corrected chi connectivity index (χ3v) is 3.64. The van der Waals surface area contributed by atoms with Crippen LogP contribution in [-0.4, -0.2) is 27.8 Å². The van der Waals surface area contributed by atoms with Crippen LogP contribution < -0.4 is 0 Å². The van der Waals surface area contributed by atoms with Crippen LogP contribution >= 0.6 is 0 Å². The molecule has 0 atom stereocenters. The Hall–Kier alpha value is -3.13. The van der Waals surface area contributed by atoms with Gasteiger partial charge in [-0.2, -0.15) is 5.10 Å². The third-order valence-electron chi connectivity index (χ3n) is 3.64. The zero-order valence-corrected chi connectivity index (χ0v) is 12.9. The zero-order valence-electron chi connectivity index (χ0n) is 12.9. The number of carbonyl (C=O) groups excluding carboxylic acids is 1. The first kappa shape index (κ1) is 14.8. The van der Waals surface area contributed by atoms with Gasteiger partial charge in [-0.15, -0.1) is 6.42 Å². The van der Waals surface area contributed by atoms with Crippen molar-refractivity contribution in [2.45, 2.75) is 13.5 Å².